The van der Waals surface area contributed by atoms with Crippen molar-refractivity contribution >= 4 is 17.7 Å². The molecule has 176 valence electrons. The molecule has 4 unspecified atom stereocenters. The number of benzene rings is 1. The maximum atomic E-state index is 13.9. The lowest BCUT2D eigenvalue weighted by Gasteiger charge is -2.66. The number of hydrogen-bond acceptors (Lipinski definition) is 5. The van der Waals surface area contributed by atoms with Crippen LogP contribution in [-0.2, 0) is 19.1 Å². The lowest BCUT2D eigenvalue weighted by Crippen LogP contribution is -2.70. The maximum Gasteiger partial charge on any atom is 0.338 e. The standard InChI is InChI=1S/C28H34O5/c1-4-5-12-27-21(17(2)16-32-26(27)31)15-23(33-25(30)19-9-7-6-8-10-19)28-13-11-20(14-22(27)28)18(3)24(28)29/h6-10,17,20-23H,3-5,11-16H2,1-2H3/t17?,20-,21?,22?,23+,27?,28+/m0/s1. The van der Waals surface area contributed by atoms with E-state index in [1.165, 1.54) is 0 Å². The number of allylic oxidation sites excluding steroid dienone is 1. The Labute approximate surface area is 195 Å². The third-order valence-corrected chi connectivity index (χ3v) is 9.33. The van der Waals surface area contributed by atoms with E-state index in [-0.39, 0.29) is 35.4 Å². The highest BCUT2D eigenvalue weighted by molar-refractivity contribution is 6.03. The van der Waals surface area contributed by atoms with Crippen LogP contribution in [-0.4, -0.2) is 30.4 Å². The van der Waals surface area contributed by atoms with Gasteiger partial charge in [-0.1, -0.05) is 51.5 Å². The summed E-state index contributed by atoms with van der Waals surface area (Å²) >= 11 is 0. The summed E-state index contributed by atoms with van der Waals surface area (Å²) in [4.78, 5) is 40.7. The molecule has 5 nitrogen and oxygen atoms in total. The van der Waals surface area contributed by atoms with Crippen molar-refractivity contribution in [2.75, 3.05) is 6.61 Å². The monoisotopic (exact) mass is 450 g/mol. The molecule has 33 heavy (non-hydrogen) atoms. The molecule has 0 radical (unpaired) electrons. The zero-order valence-electron chi connectivity index (χ0n) is 19.7. The van der Waals surface area contributed by atoms with Gasteiger partial charge in [0.1, 0.15) is 6.10 Å². The van der Waals surface area contributed by atoms with Gasteiger partial charge in [0.25, 0.3) is 0 Å². The van der Waals surface area contributed by atoms with Crippen molar-refractivity contribution in [1.82, 2.24) is 0 Å². The molecule has 4 aliphatic carbocycles. The van der Waals surface area contributed by atoms with Crippen LogP contribution in [0.25, 0.3) is 0 Å². The first-order valence-corrected chi connectivity index (χ1v) is 12.5. The van der Waals surface area contributed by atoms with Crippen molar-refractivity contribution in [3.05, 3.63) is 48.0 Å². The van der Waals surface area contributed by atoms with Crippen molar-refractivity contribution in [2.24, 2.45) is 34.5 Å². The molecule has 1 heterocycles. The predicted octanol–water partition coefficient (Wildman–Crippen LogP) is 5.14. The lowest BCUT2D eigenvalue weighted by molar-refractivity contribution is -0.229. The molecule has 4 saturated carbocycles. The van der Waals surface area contributed by atoms with Crippen LogP contribution < -0.4 is 0 Å². The van der Waals surface area contributed by atoms with E-state index < -0.39 is 22.9 Å². The van der Waals surface area contributed by atoms with Crippen LogP contribution in [0.15, 0.2) is 42.5 Å². The Morgan fingerprint density at radius 3 is 2.70 bits per heavy atom. The van der Waals surface area contributed by atoms with Crippen LogP contribution in [0.5, 0.6) is 0 Å². The fraction of sp³-hybridized carbons (Fsp3) is 0.607. The van der Waals surface area contributed by atoms with Crippen LogP contribution in [0.4, 0.5) is 0 Å². The van der Waals surface area contributed by atoms with E-state index in [9.17, 15) is 14.4 Å². The van der Waals surface area contributed by atoms with Crippen LogP contribution in [0.1, 0.15) is 69.2 Å². The van der Waals surface area contributed by atoms with Gasteiger partial charge in [0, 0.05) is 0 Å². The number of fused-ring (bicyclic) bond motifs is 3. The highest BCUT2D eigenvalue weighted by Gasteiger charge is 2.73. The Balaban J connectivity index is 1.62. The van der Waals surface area contributed by atoms with E-state index in [1.54, 1.807) is 12.1 Å². The zero-order valence-corrected chi connectivity index (χ0v) is 19.7. The molecule has 2 bridgehead atoms. The van der Waals surface area contributed by atoms with Gasteiger partial charge in [-0.2, -0.15) is 0 Å². The SMILES string of the molecule is C=C1C(=O)[C@]23CC[C@H]1CC2C1(CCCC)C(=O)OCC(C)C1C[C@H]3OC(=O)c1ccccc1. The topological polar surface area (TPSA) is 69.7 Å². The van der Waals surface area contributed by atoms with E-state index in [2.05, 4.69) is 20.4 Å². The Hall–Kier alpha value is -2.43. The summed E-state index contributed by atoms with van der Waals surface area (Å²) in [6.45, 7) is 8.81. The number of carbonyl (C=O) groups is 3. The largest absolute Gasteiger partial charge is 0.465 e. The molecule has 1 saturated heterocycles. The summed E-state index contributed by atoms with van der Waals surface area (Å²) in [5.41, 5.74) is -0.422. The molecule has 0 N–H and O–H groups in total. The summed E-state index contributed by atoms with van der Waals surface area (Å²) < 4.78 is 12.0. The van der Waals surface area contributed by atoms with Crippen molar-refractivity contribution < 1.29 is 23.9 Å². The molecule has 1 aliphatic heterocycles. The van der Waals surface area contributed by atoms with Gasteiger partial charge in [0.15, 0.2) is 5.78 Å². The molecular weight excluding hydrogens is 416 g/mol. The predicted molar refractivity (Wildman–Crippen MR) is 123 cm³/mol. The number of ether oxygens (including phenoxy) is 2. The van der Waals surface area contributed by atoms with E-state index in [1.807, 2.05) is 18.2 Å². The van der Waals surface area contributed by atoms with Crippen LogP contribution in [0, 0.1) is 34.5 Å². The minimum atomic E-state index is -0.878. The second-order valence-electron chi connectivity index (χ2n) is 10.7. The second kappa shape index (κ2) is 8.11. The van der Waals surface area contributed by atoms with E-state index in [4.69, 9.17) is 9.47 Å². The normalized spacial score (nSPS) is 39.5. The Kier molecular flexibility index (Phi) is 5.49. The van der Waals surface area contributed by atoms with Crippen molar-refractivity contribution in [3.63, 3.8) is 0 Å². The number of unbranched alkanes of at least 4 members (excludes halogenated alkanes) is 1. The maximum absolute atomic E-state index is 13.9. The molecule has 5 heteroatoms. The number of rotatable bonds is 5. The van der Waals surface area contributed by atoms with Gasteiger partial charge in [-0.25, -0.2) is 4.79 Å². The number of ketones is 1. The third-order valence-electron chi connectivity index (χ3n) is 9.33. The van der Waals surface area contributed by atoms with Gasteiger partial charge < -0.3 is 9.47 Å². The molecule has 7 atom stereocenters. The minimum absolute atomic E-state index is 0.0150. The van der Waals surface area contributed by atoms with E-state index in [0.29, 0.717) is 30.6 Å². The number of Topliss-reactive ketones (excluding diaryl/α,β-unsaturated/α-hetero) is 1. The minimum Gasteiger partial charge on any atom is -0.465 e. The summed E-state index contributed by atoms with van der Waals surface area (Å²) in [7, 11) is 0. The number of esters is 2. The average molecular weight is 451 g/mol. The van der Waals surface area contributed by atoms with Crippen LogP contribution in [0.3, 0.4) is 0 Å². The summed E-state index contributed by atoms with van der Waals surface area (Å²) in [5, 5.41) is 0. The van der Waals surface area contributed by atoms with E-state index >= 15 is 0 Å². The molecule has 0 aromatic heterocycles. The molecule has 1 aromatic carbocycles. The van der Waals surface area contributed by atoms with E-state index in [0.717, 1.165) is 32.1 Å². The fourth-order valence-corrected chi connectivity index (χ4v) is 7.73. The smallest absolute Gasteiger partial charge is 0.338 e. The second-order valence-corrected chi connectivity index (χ2v) is 10.7. The Bertz CT molecular complexity index is 983. The molecule has 1 spiro atoms. The average Bonchev–Trinajstić information content (AvgIpc) is 2.84. The van der Waals surface area contributed by atoms with Crippen molar-refractivity contribution in [2.45, 2.75) is 64.9 Å². The first kappa shape index (κ1) is 22.4. The molecule has 0 amide bonds. The van der Waals surface area contributed by atoms with Gasteiger partial charge in [0.05, 0.1) is 23.0 Å². The first-order valence-electron chi connectivity index (χ1n) is 12.5. The highest BCUT2D eigenvalue weighted by Crippen LogP contribution is 2.69. The molecule has 1 aromatic rings. The lowest BCUT2D eigenvalue weighted by atomic mass is 9.37. The third kappa shape index (κ3) is 3.07. The number of hydrogen-bond donors (Lipinski definition) is 0. The van der Waals surface area contributed by atoms with Crippen molar-refractivity contribution in [1.29, 1.82) is 0 Å². The molecule has 5 aliphatic rings. The number of carbonyl (C=O) groups excluding carboxylic acids is 3. The van der Waals surface area contributed by atoms with Crippen LogP contribution in [0.2, 0.25) is 0 Å². The summed E-state index contributed by atoms with van der Waals surface area (Å²) in [6, 6.07) is 8.97. The van der Waals surface area contributed by atoms with Gasteiger partial charge >= 0.3 is 11.9 Å². The van der Waals surface area contributed by atoms with Crippen LogP contribution >= 0.6 is 0 Å². The first-order chi connectivity index (χ1) is 15.9. The van der Waals surface area contributed by atoms with Gasteiger partial charge in [-0.15, -0.1) is 0 Å². The highest BCUT2D eigenvalue weighted by atomic mass is 16.5. The summed E-state index contributed by atoms with van der Waals surface area (Å²) in [6.07, 6.45) is 4.87. The van der Waals surface area contributed by atoms with Gasteiger partial charge in [0.2, 0.25) is 0 Å². The van der Waals surface area contributed by atoms with Gasteiger partial charge in [-0.05, 0) is 73.5 Å². The van der Waals surface area contributed by atoms with Gasteiger partial charge in [-0.3, -0.25) is 9.59 Å². The summed E-state index contributed by atoms with van der Waals surface area (Å²) in [5.74, 6) is -0.383. The fourth-order valence-electron chi connectivity index (χ4n) is 7.73. The Morgan fingerprint density at radius 1 is 1.21 bits per heavy atom. The molecule has 5 fully saturated rings. The van der Waals surface area contributed by atoms with Crippen molar-refractivity contribution in [3.8, 4) is 0 Å². The quantitative estimate of drug-likeness (QED) is 0.459. The zero-order chi connectivity index (χ0) is 23.4. The number of cyclic esters (lactones) is 1. The molecule has 6 rings (SSSR count). The Morgan fingerprint density at radius 2 is 1.97 bits per heavy atom. The molecular formula is C28H34O5.